The fourth-order valence-corrected chi connectivity index (χ4v) is 1.93. The van der Waals surface area contributed by atoms with Gasteiger partial charge in [0.15, 0.2) is 0 Å². The molecule has 0 aliphatic heterocycles. The van der Waals surface area contributed by atoms with E-state index in [1.165, 1.54) is 18.2 Å². The van der Waals surface area contributed by atoms with E-state index in [2.05, 4.69) is 5.32 Å². The third-order valence-electron chi connectivity index (χ3n) is 2.84. The lowest BCUT2D eigenvalue weighted by Crippen LogP contribution is -2.25. The van der Waals surface area contributed by atoms with Gasteiger partial charge in [0, 0.05) is 24.8 Å². The first kappa shape index (κ1) is 15.9. The number of nitro benzene ring substituents is 1. The molecule has 7 nitrogen and oxygen atoms in total. The molecule has 20 heavy (non-hydrogen) atoms. The molecule has 0 aliphatic carbocycles. The molecule has 0 spiro atoms. The smallest absolute Gasteiger partial charge is 0.292 e. The van der Waals surface area contributed by atoms with Gasteiger partial charge >= 0.3 is 0 Å². The Balaban J connectivity index is 3.07. The highest BCUT2D eigenvalue weighted by molar-refractivity contribution is 5.94. The Kier molecular flexibility index (Phi) is 5.92. The summed E-state index contributed by atoms with van der Waals surface area (Å²) in [6, 6.07) is 3.96. The van der Waals surface area contributed by atoms with Crippen molar-refractivity contribution < 1.29 is 14.5 Å². The molecule has 1 amide bonds. The summed E-state index contributed by atoms with van der Waals surface area (Å²) in [7, 11) is 1.57. The highest BCUT2D eigenvalue weighted by Gasteiger charge is 2.18. The van der Waals surface area contributed by atoms with Crippen molar-refractivity contribution in [3.8, 4) is 0 Å². The van der Waals surface area contributed by atoms with E-state index < -0.39 is 10.8 Å². The van der Waals surface area contributed by atoms with Gasteiger partial charge < -0.3 is 15.8 Å². The first-order valence-corrected chi connectivity index (χ1v) is 6.33. The average Bonchev–Trinajstić information content (AvgIpc) is 2.38. The fraction of sp³-hybridized carbons (Fsp3) is 0.462. The van der Waals surface area contributed by atoms with Gasteiger partial charge in [0.25, 0.3) is 5.69 Å². The van der Waals surface area contributed by atoms with Crippen LogP contribution in [0.15, 0.2) is 18.2 Å². The van der Waals surface area contributed by atoms with Crippen LogP contribution in [0, 0.1) is 10.1 Å². The van der Waals surface area contributed by atoms with Gasteiger partial charge in [0.1, 0.15) is 5.69 Å². The van der Waals surface area contributed by atoms with Gasteiger partial charge in [-0.25, -0.2) is 0 Å². The largest absolute Gasteiger partial charge is 0.383 e. The molecular formula is C13H19N3O4. The maximum Gasteiger partial charge on any atom is 0.292 e. The number of hydrogen-bond donors (Lipinski definition) is 2. The maximum absolute atomic E-state index is 11.2. The van der Waals surface area contributed by atoms with Gasteiger partial charge in [-0.2, -0.15) is 0 Å². The van der Waals surface area contributed by atoms with Crippen molar-refractivity contribution in [3.63, 3.8) is 0 Å². The van der Waals surface area contributed by atoms with Crippen molar-refractivity contribution in [2.75, 3.05) is 19.0 Å². The molecule has 1 atom stereocenters. The summed E-state index contributed by atoms with van der Waals surface area (Å²) in [5, 5.41) is 14.1. The van der Waals surface area contributed by atoms with E-state index in [9.17, 15) is 14.9 Å². The number of carbonyl (C=O) groups is 1. The first-order chi connectivity index (χ1) is 9.49. The second-order valence-corrected chi connectivity index (χ2v) is 4.44. The number of benzene rings is 1. The fourth-order valence-electron chi connectivity index (χ4n) is 1.93. The Bertz CT molecular complexity index is 485. The summed E-state index contributed by atoms with van der Waals surface area (Å²) in [5.74, 6) is -0.623. The zero-order valence-electron chi connectivity index (χ0n) is 11.6. The molecular weight excluding hydrogens is 262 g/mol. The van der Waals surface area contributed by atoms with Crippen molar-refractivity contribution in [2.24, 2.45) is 5.73 Å². The molecule has 1 rings (SSSR count). The Morgan fingerprint density at radius 1 is 1.55 bits per heavy atom. The number of methoxy groups -OCH3 is 1. The van der Waals surface area contributed by atoms with E-state index >= 15 is 0 Å². The molecule has 1 aromatic carbocycles. The summed E-state index contributed by atoms with van der Waals surface area (Å²) < 4.78 is 5.08. The number of hydrogen-bond acceptors (Lipinski definition) is 5. The lowest BCUT2D eigenvalue weighted by Gasteiger charge is -2.18. The molecule has 0 saturated carbocycles. The van der Waals surface area contributed by atoms with Crippen molar-refractivity contribution in [2.45, 2.75) is 25.8 Å². The molecule has 0 heterocycles. The number of carbonyl (C=O) groups excluding carboxylic acids is 1. The number of ether oxygens (including phenoxy) is 1. The number of rotatable bonds is 8. The topological polar surface area (TPSA) is 107 Å². The van der Waals surface area contributed by atoms with Gasteiger partial charge in [-0.15, -0.1) is 0 Å². The third-order valence-corrected chi connectivity index (χ3v) is 2.84. The third kappa shape index (κ3) is 4.20. The normalized spacial score (nSPS) is 11.9. The minimum absolute atomic E-state index is 0.0631. The number of nitrogens with one attached hydrogen (secondary N) is 1. The predicted molar refractivity (Wildman–Crippen MR) is 75.8 cm³/mol. The van der Waals surface area contributed by atoms with Crippen LogP contribution < -0.4 is 11.1 Å². The number of amides is 1. The molecule has 110 valence electrons. The molecule has 1 aromatic rings. The van der Waals surface area contributed by atoms with Crippen molar-refractivity contribution in [3.05, 3.63) is 33.9 Å². The van der Waals surface area contributed by atoms with Gasteiger partial charge in [-0.05, 0) is 18.6 Å². The summed E-state index contributed by atoms with van der Waals surface area (Å²) >= 11 is 0. The van der Waals surface area contributed by atoms with Crippen LogP contribution in [0.5, 0.6) is 0 Å². The Morgan fingerprint density at radius 2 is 2.25 bits per heavy atom. The van der Waals surface area contributed by atoms with Crippen molar-refractivity contribution in [1.29, 1.82) is 0 Å². The minimum atomic E-state index is -0.623. The van der Waals surface area contributed by atoms with Crippen LogP contribution in [0.25, 0.3) is 0 Å². The molecule has 3 N–H and O–H groups in total. The SMILES string of the molecule is CCCC(COC)Nc1cc(C(N)=O)ccc1[N+](=O)[O-]. The first-order valence-electron chi connectivity index (χ1n) is 6.33. The van der Waals surface area contributed by atoms with Gasteiger partial charge in [0.05, 0.1) is 11.5 Å². The lowest BCUT2D eigenvalue weighted by molar-refractivity contribution is -0.384. The second kappa shape index (κ2) is 7.44. The van der Waals surface area contributed by atoms with Crippen LogP contribution in [0.4, 0.5) is 11.4 Å². The lowest BCUT2D eigenvalue weighted by atomic mass is 10.1. The van der Waals surface area contributed by atoms with E-state index in [-0.39, 0.29) is 23.0 Å². The number of nitro groups is 1. The average molecular weight is 281 g/mol. The van der Waals surface area contributed by atoms with Crippen molar-refractivity contribution in [1.82, 2.24) is 0 Å². The maximum atomic E-state index is 11.2. The van der Waals surface area contributed by atoms with E-state index in [1.807, 2.05) is 6.92 Å². The summed E-state index contributed by atoms with van der Waals surface area (Å²) in [6.45, 7) is 2.43. The molecule has 0 radical (unpaired) electrons. The van der Waals surface area contributed by atoms with Gasteiger partial charge in [-0.3, -0.25) is 14.9 Å². The van der Waals surface area contributed by atoms with Gasteiger partial charge in [0.2, 0.25) is 5.91 Å². The molecule has 7 heteroatoms. The number of nitrogens with zero attached hydrogens (tertiary/aromatic N) is 1. The molecule has 0 bridgehead atoms. The quantitative estimate of drug-likeness (QED) is 0.559. The molecule has 0 aliphatic rings. The highest BCUT2D eigenvalue weighted by atomic mass is 16.6. The number of anilines is 1. The molecule has 0 saturated heterocycles. The van der Waals surface area contributed by atoms with Crippen LogP contribution in [0.3, 0.4) is 0 Å². The van der Waals surface area contributed by atoms with Crippen LogP contribution in [-0.2, 0) is 4.74 Å². The summed E-state index contributed by atoms with van der Waals surface area (Å²) in [5.41, 5.74) is 5.61. The van der Waals surface area contributed by atoms with Crippen LogP contribution in [-0.4, -0.2) is 30.6 Å². The van der Waals surface area contributed by atoms with Crippen LogP contribution >= 0.6 is 0 Å². The Labute approximate surface area is 117 Å². The zero-order chi connectivity index (χ0) is 15.1. The van der Waals surface area contributed by atoms with Crippen LogP contribution in [0.1, 0.15) is 30.1 Å². The predicted octanol–water partition coefficient (Wildman–Crippen LogP) is 1.92. The monoisotopic (exact) mass is 281 g/mol. The van der Waals surface area contributed by atoms with E-state index in [4.69, 9.17) is 10.5 Å². The zero-order valence-corrected chi connectivity index (χ0v) is 11.6. The van der Waals surface area contributed by atoms with Gasteiger partial charge in [-0.1, -0.05) is 13.3 Å². The summed E-state index contributed by atoms with van der Waals surface area (Å²) in [4.78, 5) is 21.7. The standard InChI is InChI=1S/C13H19N3O4/c1-3-4-10(8-20-2)15-11-7-9(13(14)17)5-6-12(11)16(18)19/h5-7,10,15H,3-4,8H2,1-2H3,(H2,14,17). The van der Waals surface area contributed by atoms with E-state index in [0.717, 1.165) is 12.8 Å². The van der Waals surface area contributed by atoms with Crippen molar-refractivity contribution >= 4 is 17.3 Å². The number of primary amides is 1. The molecule has 1 unspecified atom stereocenters. The molecule has 0 fully saturated rings. The molecule has 0 aromatic heterocycles. The second-order valence-electron chi connectivity index (χ2n) is 4.44. The summed E-state index contributed by atoms with van der Waals surface area (Å²) in [6.07, 6.45) is 1.70. The number of nitrogens with two attached hydrogens (primary N) is 1. The van der Waals surface area contributed by atoms with E-state index in [1.54, 1.807) is 7.11 Å². The Hall–Kier alpha value is -2.15. The van der Waals surface area contributed by atoms with E-state index in [0.29, 0.717) is 6.61 Å². The van der Waals surface area contributed by atoms with Crippen LogP contribution in [0.2, 0.25) is 0 Å². The highest BCUT2D eigenvalue weighted by Crippen LogP contribution is 2.26. The Morgan fingerprint density at radius 3 is 2.75 bits per heavy atom. The minimum Gasteiger partial charge on any atom is -0.383 e.